The predicted octanol–water partition coefficient (Wildman–Crippen LogP) is 3.26. The highest BCUT2D eigenvalue weighted by Gasteiger charge is 2.31. The summed E-state index contributed by atoms with van der Waals surface area (Å²) in [4.78, 5) is 13.3. The van der Waals surface area contributed by atoms with Crippen LogP contribution in [0.1, 0.15) is 37.6 Å². The van der Waals surface area contributed by atoms with Crippen molar-refractivity contribution in [2.75, 3.05) is 18.0 Å². The van der Waals surface area contributed by atoms with Gasteiger partial charge in [0.1, 0.15) is 0 Å². The quantitative estimate of drug-likeness (QED) is 0.872. The van der Waals surface area contributed by atoms with Crippen LogP contribution in [-0.4, -0.2) is 24.2 Å². The highest BCUT2D eigenvalue weighted by atomic mass is 16.4. The van der Waals surface area contributed by atoms with Crippen molar-refractivity contribution in [3.05, 3.63) is 29.8 Å². The first-order valence-corrected chi connectivity index (χ1v) is 6.46. The van der Waals surface area contributed by atoms with Crippen molar-refractivity contribution in [3.63, 3.8) is 0 Å². The third-order valence-corrected chi connectivity index (χ3v) is 3.87. The molecule has 1 heterocycles. The molecule has 1 N–H and O–H groups in total. The monoisotopic (exact) mass is 247 g/mol. The van der Waals surface area contributed by atoms with Gasteiger partial charge in [-0.05, 0) is 36.0 Å². The molecule has 0 spiro atoms. The average molecular weight is 247 g/mol. The number of carboxylic acids is 1. The molecule has 0 aromatic heterocycles. The normalized spacial score (nSPS) is 20.2. The van der Waals surface area contributed by atoms with Crippen LogP contribution in [0.3, 0.4) is 0 Å². The van der Waals surface area contributed by atoms with E-state index in [1.54, 1.807) is 12.1 Å². The summed E-state index contributed by atoms with van der Waals surface area (Å²) >= 11 is 0. The highest BCUT2D eigenvalue weighted by Crippen LogP contribution is 2.35. The SMILES string of the molecule is CC(C)(C)C1CCN(c2cccc(C(=O)O)c2)C1. The van der Waals surface area contributed by atoms with Gasteiger partial charge in [0.05, 0.1) is 5.56 Å². The molecule has 3 heteroatoms. The van der Waals surface area contributed by atoms with E-state index in [-0.39, 0.29) is 0 Å². The van der Waals surface area contributed by atoms with E-state index in [0.29, 0.717) is 16.9 Å². The third-order valence-electron chi connectivity index (χ3n) is 3.87. The third kappa shape index (κ3) is 2.66. The number of aromatic carboxylic acids is 1. The van der Waals surface area contributed by atoms with Gasteiger partial charge in [0.25, 0.3) is 0 Å². The Kier molecular flexibility index (Phi) is 3.33. The Morgan fingerprint density at radius 2 is 2.11 bits per heavy atom. The molecule has 0 amide bonds. The average Bonchev–Trinajstić information content (AvgIpc) is 2.78. The number of carbonyl (C=O) groups is 1. The van der Waals surface area contributed by atoms with Crippen LogP contribution in [0.4, 0.5) is 5.69 Å². The number of hydrogen-bond acceptors (Lipinski definition) is 2. The van der Waals surface area contributed by atoms with E-state index in [2.05, 4.69) is 25.7 Å². The van der Waals surface area contributed by atoms with Gasteiger partial charge in [0.2, 0.25) is 0 Å². The molecule has 0 radical (unpaired) electrons. The molecule has 0 aliphatic carbocycles. The first-order chi connectivity index (χ1) is 8.38. The molecule has 18 heavy (non-hydrogen) atoms. The van der Waals surface area contributed by atoms with Gasteiger partial charge in [0, 0.05) is 18.8 Å². The second kappa shape index (κ2) is 4.63. The van der Waals surface area contributed by atoms with E-state index in [1.165, 1.54) is 6.42 Å². The Hall–Kier alpha value is -1.51. The van der Waals surface area contributed by atoms with Gasteiger partial charge in [-0.15, -0.1) is 0 Å². The fraction of sp³-hybridized carbons (Fsp3) is 0.533. The van der Waals surface area contributed by atoms with Crippen molar-refractivity contribution >= 4 is 11.7 Å². The van der Waals surface area contributed by atoms with Gasteiger partial charge >= 0.3 is 5.97 Å². The maximum atomic E-state index is 11.0. The van der Waals surface area contributed by atoms with Crippen LogP contribution < -0.4 is 4.90 Å². The van der Waals surface area contributed by atoms with E-state index in [4.69, 9.17) is 5.11 Å². The Morgan fingerprint density at radius 3 is 2.67 bits per heavy atom. The summed E-state index contributed by atoms with van der Waals surface area (Å²) in [5.41, 5.74) is 1.72. The van der Waals surface area contributed by atoms with Crippen molar-refractivity contribution in [1.29, 1.82) is 0 Å². The minimum Gasteiger partial charge on any atom is -0.478 e. The molecule has 1 unspecified atom stereocenters. The molecular weight excluding hydrogens is 226 g/mol. The minimum atomic E-state index is -0.858. The Labute approximate surface area is 108 Å². The lowest BCUT2D eigenvalue weighted by Crippen LogP contribution is -2.25. The summed E-state index contributed by atoms with van der Waals surface area (Å²) < 4.78 is 0. The van der Waals surface area contributed by atoms with E-state index < -0.39 is 5.97 Å². The zero-order valence-electron chi connectivity index (χ0n) is 11.3. The summed E-state index contributed by atoms with van der Waals surface area (Å²) in [7, 11) is 0. The van der Waals surface area contributed by atoms with Crippen LogP contribution >= 0.6 is 0 Å². The fourth-order valence-electron chi connectivity index (χ4n) is 2.54. The molecule has 2 rings (SSSR count). The van der Waals surface area contributed by atoms with Crippen molar-refractivity contribution in [1.82, 2.24) is 0 Å². The molecule has 1 aromatic rings. The molecule has 1 saturated heterocycles. The second-order valence-electron chi connectivity index (χ2n) is 6.15. The van der Waals surface area contributed by atoms with E-state index in [9.17, 15) is 4.79 Å². The molecule has 0 saturated carbocycles. The number of nitrogens with zero attached hydrogens (tertiary/aromatic N) is 1. The van der Waals surface area contributed by atoms with Gasteiger partial charge in [-0.1, -0.05) is 26.8 Å². The fourth-order valence-corrected chi connectivity index (χ4v) is 2.54. The van der Waals surface area contributed by atoms with Gasteiger partial charge in [-0.2, -0.15) is 0 Å². The smallest absolute Gasteiger partial charge is 0.335 e. The lowest BCUT2D eigenvalue weighted by Gasteiger charge is -2.27. The zero-order valence-corrected chi connectivity index (χ0v) is 11.3. The first-order valence-electron chi connectivity index (χ1n) is 6.46. The largest absolute Gasteiger partial charge is 0.478 e. The zero-order chi connectivity index (χ0) is 13.3. The first kappa shape index (κ1) is 12.9. The highest BCUT2D eigenvalue weighted by molar-refractivity contribution is 5.88. The molecule has 98 valence electrons. The number of rotatable bonds is 2. The summed E-state index contributed by atoms with van der Waals surface area (Å²) in [6.07, 6.45) is 1.18. The Balaban J connectivity index is 2.14. The van der Waals surface area contributed by atoms with Crippen LogP contribution in [0.15, 0.2) is 24.3 Å². The molecular formula is C15H21NO2. The van der Waals surface area contributed by atoms with Gasteiger partial charge in [-0.25, -0.2) is 4.79 Å². The van der Waals surface area contributed by atoms with Crippen LogP contribution in [0.5, 0.6) is 0 Å². The second-order valence-corrected chi connectivity index (χ2v) is 6.15. The topological polar surface area (TPSA) is 40.5 Å². The molecule has 0 bridgehead atoms. The molecule has 1 atom stereocenters. The number of benzene rings is 1. The predicted molar refractivity (Wildman–Crippen MR) is 73.2 cm³/mol. The molecule has 1 aliphatic rings. The summed E-state index contributed by atoms with van der Waals surface area (Å²) in [6, 6.07) is 7.23. The van der Waals surface area contributed by atoms with Crippen LogP contribution in [0.25, 0.3) is 0 Å². The summed E-state index contributed by atoms with van der Waals surface area (Å²) in [5, 5.41) is 9.01. The maximum Gasteiger partial charge on any atom is 0.335 e. The van der Waals surface area contributed by atoms with Crippen molar-refractivity contribution in [2.45, 2.75) is 27.2 Å². The maximum absolute atomic E-state index is 11.0. The van der Waals surface area contributed by atoms with Crippen LogP contribution in [0, 0.1) is 11.3 Å². The molecule has 1 aliphatic heterocycles. The number of carboxylic acid groups (broad SMARTS) is 1. The van der Waals surface area contributed by atoms with Gasteiger partial charge in [0.15, 0.2) is 0 Å². The van der Waals surface area contributed by atoms with Gasteiger partial charge < -0.3 is 10.0 Å². The van der Waals surface area contributed by atoms with Crippen molar-refractivity contribution < 1.29 is 9.90 Å². The van der Waals surface area contributed by atoms with Crippen molar-refractivity contribution in [3.8, 4) is 0 Å². The molecule has 1 fully saturated rings. The van der Waals surface area contributed by atoms with Gasteiger partial charge in [-0.3, -0.25) is 0 Å². The summed E-state index contributed by atoms with van der Waals surface area (Å²) in [5.74, 6) is -0.186. The van der Waals surface area contributed by atoms with E-state index in [1.807, 2.05) is 12.1 Å². The number of anilines is 1. The minimum absolute atomic E-state index is 0.319. The summed E-state index contributed by atoms with van der Waals surface area (Å²) in [6.45, 7) is 8.86. The Morgan fingerprint density at radius 1 is 1.39 bits per heavy atom. The van der Waals surface area contributed by atoms with E-state index in [0.717, 1.165) is 18.8 Å². The standard InChI is InChI=1S/C15H21NO2/c1-15(2,3)12-7-8-16(10-12)13-6-4-5-11(9-13)14(17)18/h4-6,9,12H,7-8,10H2,1-3H3,(H,17,18). The Bertz CT molecular complexity index is 448. The lowest BCUT2D eigenvalue weighted by atomic mass is 9.80. The number of hydrogen-bond donors (Lipinski definition) is 1. The van der Waals surface area contributed by atoms with Crippen molar-refractivity contribution in [2.24, 2.45) is 11.3 Å². The lowest BCUT2D eigenvalue weighted by molar-refractivity contribution is 0.0697. The van der Waals surface area contributed by atoms with E-state index >= 15 is 0 Å². The van der Waals surface area contributed by atoms with Crippen LogP contribution in [-0.2, 0) is 0 Å². The van der Waals surface area contributed by atoms with Crippen LogP contribution in [0.2, 0.25) is 0 Å². The molecule has 1 aromatic carbocycles. The molecule has 3 nitrogen and oxygen atoms in total.